The predicted molar refractivity (Wildman–Crippen MR) is 165 cm³/mol. The maximum atomic E-state index is 14.8. The minimum Gasteiger partial charge on any atom is -0.486 e. The number of nitrogens with one attached hydrogen (secondary N) is 1. The quantitative estimate of drug-likeness (QED) is 0.224. The number of nitrogens with zero attached hydrogens (tertiary/aromatic N) is 3. The fraction of sp³-hybridized carbons (Fsp3) is 0.438. The van der Waals surface area contributed by atoms with Gasteiger partial charge in [-0.05, 0) is 68.3 Å². The van der Waals surface area contributed by atoms with E-state index in [-0.39, 0.29) is 29.9 Å². The number of amides is 1. The molecule has 0 aliphatic carbocycles. The van der Waals surface area contributed by atoms with Gasteiger partial charge in [0.2, 0.25) is 5.91 Å². The van der Waals surface area contributed by atoms with Gasteiger partial charge in [0, 0.05) is 44.5 Å². The number of hydrogen-bond donors (Lipinski definition) is 2. The van der Waals surface area contributed by atoms with Crippen LogP contribution in [0.1, 0.15) is 37.9 Å². The number of fused-ring (bicyclic) bond motifs is 1. The van der Waals surface area contributed by atoms with Gasteiger partial charge in [0.05, 0.1) is 17.0 Å². The summed E-state index contributed by atoms with van der Waals surface area (Å²) in [7, 11) is 0. The second-order valence-corrected chi connectivity index (χ2v) is 11.4. The first-order valence-corrected chi connectivity index (χ1v) is 15.0. The van der Waals surface area contributed by atoms with Crippen molar-refractivity contribution < 1.29 is 28.5 Å². The highest BCUT2D eigenvalue weighted by Crippen LogP contribution is 2.37. The Bertz CT molecular complexity index is 1380. The molecule has 0 aromatic heterocycles. The molecular weight excluding hydrogens is 575 g/mol. The monoisotopic (exact) mass is 612 g/mol. The van der Waals surface area contributed by atoms with Crippen LogP contribution in [0.4, 0.5) is 10.1 Å². The number of likely N-dealkylation sites (tertiary alicyclic amines) is 1. The van der Waals surface area contributed by atoms with Gasteiger partial charge in [0.25, 0.3) is 0 Å². The fourth-order valence-electron chi connectivity index (χ4n) is 5.67. The zero-order valence-electron chi connectivity index (χ0n) is 24.3. The summed E-state index contributed by atoms with van der Waals surface area (Å²) in [5.41, 5.74) is 1.22. The van der Waals surface area contributed by atoms with E-state index in [9.17, 15) is 14.3 Å². The van der Waals surface area contributed by atoms with Crippen molar-refractivity contribution in [3.63, 3.8) is 0 Å². The van der Waals surface area contributed by atoms with Crippen LogP contribution in [-0.2, 0) is 4.79 Å². The number of halogens is 2. The summed E-state index contributed by atoms with van der Waals surface area (Å²) in [4.78, 5) is 22.1. The van der Waals surface area contributed by atoms with Crippen molar-refractivity contribution in [1.29, 1.82) is 0 Å². The van der Waals surface area contributed by atoms with E-state index in [2.05, 4.69) is 26.7 Å². The number of anilines is 1. The lowest BCUT2D eigenvalue weighted by Crippen LogP contribution is -2.48. The first kappa shape index (κ1) is 30.8. The molecule has 3 aliphatic heterocycles. The molecule has 11 heteroatoms. The number of rotatable bonds is 10. The van der Waals surface area contributed by atoms with Crippen molar-refractivity contribution in [3.8, 4) is 17.2 Å². The van der Waals surface area contributed by atoms with Crippen LogP contribution in [0.25, 0.3) is 0 Å². The Kier molecular flexibility index (Phi) is 10.2. The maximum Gasteiger partial charge on any atom is 0.225 e. The number of allylic oxidation sites excluding steroid dienone is 2. The summed E-state index contributed by atoms with van der Waals surface area (Å²) in [6, 6.07) is 7.74. The molecule has 3 aliphatic rings. The van der Waals surface area contributed by atoms with Gasteiger partial charge in [-0.3, -0.25) is 4.79 Å². The van der Waals surface area contributed by atoms with Gasteiger partial charge in [-0.1, -0.05) is 24.3 Å². The Morgan fingerprint density at radius 3 is 2.84 bits per heavy atom. The molecule has 1 amide bonds. The standard InChI is InChI=1S/C32H38ClFN4O5/c1-3-4-10-35-21(2)43-28-18-24(7-8-25(28)33)38-13-9-22(19-38)32(40)36-27(20-37-11-5-6-12-37)30(39)23-16-26(34)31-29(17-23)41-14-15-42-31/h3-4,7-8,10,16-18,22,27,30,39H,1,5-6,9,11-15,19-20H2,2H3,(H,36,40)/b10-4-,35-21?/t22-,27-,30-/m1/s1. The van der Waals surface area contributed by atoms with E-state index < -0.39 is 18.0 Å². The molecule has 2 aromatic carbocycles. The fourth-order valence-corrected chi connectivity index (χ4v) is 5.83. The van der Waals surface area contributed by atoms with Crippen molar-refractivity contribution in [1.82, 2.24) is 10.2 Å². The van der Waals surface area contributed by atoms with Gasteiger partial charge in [-0.15, -0.1) is 0 Å². The highest BCUT2D eigenvalue weighted by atomic mass is 35.5. The third kappa shape index (κ3) is 7.68. The normalized spacial score (nSPS) is 20.3. The van der Waals surface area contributed by atoms with Crippen molar-refractivity contribution in [3.05, 3.63) is 71.7 Å². The number of ether oxygens (including phenoxy) is 3. The molecule has 3 heterocycles. The van der Waals surface area contributed by atoms with Crippen LogP contribution in [0.3, 0.4) is 0 Å². The lowest BCUT2D eigenvalue weighted by atomic mass is 9.99. The lowest BCUT2D eigenvalue weighted by molar-refractivity contribution is -0.126. The summed E-state index contributed by atoms with van der Waals surface area (Å²) in [5, 5.41) is 15.0. The summed E-state index contributed by atoms with van der Waals surface area (Å²) < 4.78 is 31.6. The molecular formula is C32H38ClFN4O5. The van der Waals surface area contributed by atoms with Crippen molar-refractivity contribution >= 4 is 29.1 Å². The minimum absolute atomic E-state index is 0.0520. The average molecular weight is 613 g/mol. The Balaban J connectivity index is 1.27. The molecule has 2 saturated heterocycles. The number of hydrogen-bond acceptors (Lipinski definition) is 8. The number of carbonyl (C=O) groups excluding carboxylic acids is 1. The van der Waals surface area contributed by atoms with Crippen LogP contribution in [0.2, 0.25) is 5.02 Å². The second-order valence-electron chi connectivity index (χ2n) is 11.0. The molecule has 9 nitrogen and oxygen atoms in total. The SMILES string of the molecule is C=C/C=C\N=C(C)Oc1cc(N2CC[C@@H](C(=O)N[C@H](CN3CCCC3)[C@H](O)c3cc(F)c4c(c3)OCCO4)C2)ccc1Cl. The van der Waals surface area contributed by atoms with E-state index in [1.165, 1.54) is 6.07 Å². The van der Waals surface area contributed by atoms with E-state index in [1.807, 2.05) is 12.1 Å². The summed E-state index contributed by atoms with van der Waals surface area (Å²) in [6.45, 7) is 9.33. The third-order valence-electron chi connectivity index (χ3n) is 7.90. The summed E-state index contributed by atoms with van der Waals surface area (Å²) >= 11 is 6.38. The number of aliphatic imine (C=N–C) groups is 1. The first-order chi connectivity index (χ1) is 20.8. The molecule has 3 atom stereocenters. The van der Waals surface area contributed by atoms with E-state index in [4.69, 9.17) is 25.8 Å². The zero-order chi connectivity index (χ0) is 30.3. The largest absolute Gasteiger partial charge is 0.486 e. The summed E-state index contributed by atoms with van der Waals surface area (Å²) in [5.74, 6) is 0.181. The van der Waals surface area contributed by atoms with Crippen molar-refractivity contribution in [2.75, 3.05) is 50.8 Å². The van der Waals surface area contributed by atoms with Gasteiger partial charge in [0.1, 0.15) is 25.1 Å². The molecule has 0 saturated carbocycles. The second kappa shape index (κ2) is 14.2. The molecule has 5 rings (SSSR count). The van der Waals surface area contributed by atoms with E-state index in [0.29, 0.717) is 54.9 Å². The molecule has 0 spiro atoms. The van der Waals surface area contributed by atoms with Crippen LogP contribution in [0.5, 0.6) is 17.2 Å². The highest BCUT2D eigenvalue weighted by Gasteiger charge is 2.34. The molecule has 230 valence electrons. The van der Waals surface area contributed by atoms with E-state index >= 15 is 0 Å². The predicted octanol–water partition coefficient (Wildman–Crippen LogP) is 4.89. The number of aliphatic hydroxyl groups excluding tert-OH is 1. The van der Waals surface area contributed by atoms with Gasteiger partial charge >= 0.3 is 0 Å². The van der Waals surface area contributed by atoms with Gasteiger partial charge in [-0.2, -0.15) is 0 Å². The number of carbonyl (C=O) groups is 1. The molecule has 43 heavy (non-hydrogen) atoms. The lowest BCUT2D eigenvalue weighted by Gasteiger charge is -2.30. The van der Waals surface area contributed by atoms with Crippen LogP contribution >= 0.6 is 11.6 Å². The Morgan fingerprint density at radius 1 is 1.26 bits per heavy atom. The van der Waals surface area contributed by atoms with Crippen molar-refractivity contribution in [2.24, 2.45) is 10.9 Å². The molecule has 0 bridgehead atoms. The maximum absolute atomic E-state index is 14.8. The van der Waals surface area contributed by atoms with Gasteiger partial charge < -0.3 is 34.4 Å². The Hall–Kier alpha value is -3.60. The molecule has 0 unspecified atom stereocenters. The number of aliphatic hydroxyl groups is 1. The average Bonchev–Trinajstić information content (AvgIpc) is 3.71. The van der Waals surface area contributed by atoms with Crippen LogP contribution < -0.4 is 24.4 Å². The third-order valence-corrected chi connectivity index (χ3v) is 8.21. The van der Waals surface area contributed by atoms with Crippen LogP contribution in [-0.4, -0.2) is 73.8 Å². The van der Waals surface area contributed by atoms with E-state index in [0.717, 1.165) is 31.6 Å². The topological polar surface area (TPSA) is 95.9 Å². The first-order valence-electron chi connectivity index (χ1n) is 14.7. The molecule has 2 N–H and O–H groups in total. The van der Waals surface area contributed by atoms with Crippen LogP contribution in [0.15, 0.2) is 60.3 Å². The number of benzene rings is 2. The zero-order valence-corrected chi connectivity index (χ0v) is 25.1. The minimum atomic E-state index is -1.13. The van der Waals surface area contributed by atoms with Gasteiger partial charge in [-0.25, -0.2) is 9.38 Å². The van der Waals surface area contributed by atoms with E-state index in [1.54, 1.807) is 37.4 Å². The van der Waals surface area contributed by atoms with Gasteiger partial charge in [0.15, 0.2) is 23.2 Å². The van der Waals surface area contributed by atoms with Crippen LogP contribution in [0, 0.1) is 11.7 Å². The Morgan fingerprint density at radius 2 is 2.05 bits per heavy atom. The molecule has 2 aromatic rings. The highest BCUT2D eigenvalue weighted by molar-refractivity contribution is 6.32. The smallest absolute Gasteiger partial charge is 0.225 e. The Labute approximate surface area is 256 Å². The molecule has 0 radical (unpaired) electrons. The van der Waals surface area contributed by atoms with Crippen molar-refractivity contribution in [2.45, 2.75) is 38.3 Å². The summed E-state index contributed by atoms with van der Waals surface area (Å²) in [6.07, 6.45) is 6.55. The molecule has 2 fully saturated rings.